The second-order valence-corrected chi connectivity index (χ2v) is 6.99. The Kier molecular flexibility index (Phi) is 5.90. The summed E-state index contributed by atoms with van der Waals surface area (Å²) in [6.45, 7) is 4.91. The molecule has 144 valence electrons. The number of methoxy groups -OCH3 is 1. The maximum Gasteiger partial charge on any atom is 0.266 e. The van der Waals surface area contributed by atoms with Crippen molar-refractivity contribution in [1.82, 2.24) is 20.0 Å². The molecule has 9 heteroatoms. The molecule has 1 atom stereocenters. The molecule has 2 fully saturated rings. The van der Waals surface area contributed by atoms with Crippen LogP contribution in [-0.4, -0.2) is 96.1 Å². The Morgan fingerprint density at radius 2 is 2.04 bits per heavy atom. The van der Waals surface area contributed by atoms with Gasteiger partial charge >= 0.3 is 0 Å². The van der Waals surface area contributed by atoms with Crippen molar-refractivity contribution in [3.8, 4) is 0 Å². The van der Waals surface area contributed by atoms with Gasteiger partial charge in [-0.05, 0) is 12.8 Å². The number of aromatic nitrogens is 2. The fourth-order valence-electron chi connectivity index (χ4n) is 3.70. The summed E-state index contributed by atoms with van der Waals surface area (Å²) in [5.74, 6) is -0.193. The number of hydrogen-bond acceptors (Lipinski definition) is 7. The molecule has 26 heavy (non-hydrogen) atoms. The first-order valence-corrected chi connectivity index (χ1v) is 9.04. The van der Waals surface area contributed by atoms with Crippen LogP contribution in [0.3, 0.4) is 0 Å². The van der Waals surface area contributed by atoms with Crippen LogP contribution >= 0.6 is 0 Å². The van der Waals surface area contributed by atoms with E-state index in [1.54, 1.807) is 18.2 Å². The first kappa shape index (κ1) is 18.8. The molecule has 1 aromatic heterocycles. The number of aromatic amines is 1. The van der Waals surface area contributed by atoms with Gasteiger partial charge in [-0.15, -0.1) is 0 Å². The molecule has 0 aliphatic carbocycles. The normalized spacial score (nSPS) is 24.9. The number of piperidine rings is 1. The lowest BCUT2D eigenvalue weighted by Crippen LogP contribution is -2.61. The minimum absolute atomic E-state index is 0.193. The van der Waals surface area contributed by atoms with Crippen molar-refractivity contribution in [3.63, 3.8) is 0 Å². The van der Waals surface area contributed by atoms with Gasteiger partial charge in [0.1, 0.15) is 0 Å². The maximum atomic E-state index is 12.7. The van der Waals surface area contributed by atoms with Crippen LogP contribution in [0, 0.1) is 0 Å². The van der Waals surface area contributed by atoms with E-state index < -0.39 is 5.60 Å². The Morgan fingerprint density at radius 3 is 2.73 bits per heavy atom. The number of anilines is 1. The topological polar surface area (TPSA) is 102 Å². The third-order valence-electron chi connectivity index (χ3n) is 5.14. The Bertz CT molecular complexity index is 673. The zero-order chi connectivity index (χ0) is 18.6. The molecule has 2 aliphatic heterocycles. The molecule has 1 amide bonds. The van der Waals surface area contributed by atoms with Gasteiger partial charge in [0.2, 0.25) is 0 Å². The van der Waals surface area contributed by atoms with Crippen LogP contribution in [-0.2, 0) is 9.53 Å². The Hall–Kier alpha value is -1.97. The second-order valence-electron chi connectivity index (χ2n) is 6.99. The fourth-order valence-corrected chi connectivity index (χ4v) is 3.70. The molecule has 0 spiro atoms. The largest absolute Gasteiger partial charge is 0.383 e. The van der Waals surface area contributed by atoms with Crippen molar-refractivity contribution in [1.29, 1.82) is 0 Å². The third-order valence-corrected chi connectivity index (χ3v) is 5.14. The van der Waals surface area contributed by atoms with E-state index in [0.717, 1.165) is 38.3 Å². The summed E-state index contributed by atoms with van der Waals surface area (Å²) in [5, 5.41) is 17.1. The molecule has 2 saturated heterocycles. The summed E-state index contributed by atoms with van der Waals surface area (Å²) in [5.41, 5.74) is -0.741. The predicted octanol–water partition coefficient (Wildman–Crippen LogP) is -1.11. The number of rotatable bonds is 6. The van der Waals surface area contributed by atoms with Crippen LogP contribution in [0.5, 0.6) is 0 Å². The molecule has 0 aromatic carbocycles. The summed E-state index contributed by atoms with van der Waals surface area (Å²) in [7, 11) is 1.61. The molecule has 1 unspecified atom stereocenters. The number of piperazine rings is 1. The quantitative estimate of drug-likeness (QED) is 0.659. The highest BCUT2D eigenvalue weighted by atomic mass is 16.5. The summed E-state index contributed by atoms with van der Waals surface area (Å²) in [6, 6.07) is 1.54. The fraction of sp³-hybridized carbons (Fsp3) is 0.706. The number of likely N-dealkylation sites (tertiary alicyclic amines) is 1. The predicted molar refractivity (Wildman–Crippen MR) is 96.2 cm³/mol. The molecule has 0 radical (unpaired) electrons. The summed E-state index contributed by atoms with van der Waals surface area (Å²) in [4.78, 5) is 30.0. The number of β-amino-alcohol motifs (C(OH)–C–C–N with tert-alkyl or cyclic N) is 1. The van der Waals surface area contributed by atoms with Crippen LogP contribution in [0.2, 0.25) is 0 Å². The number of aliphatic hydroxyl groups is 1. The van der Waals surface area contributed by atoms with E-state index in [1.165, 1.54) is 6.07 Å². The number of amides is 1. The van der Waals surface area contributed by atoms with Crippen LogP contribution in [0.15, 0.2) is 17.1 Å². The Morgan fingerprint density at radius 1 is 1.27 bits per heavy atom. The lowest BCUT2D eigenvalue weighted by Gasteiger charge is -2.43. The average molecular weight is 365 g/mol. The molecule has 0 saturated carbocycles. The van der Waals surface area contributed by atoms with Gasteiger partial charge in [-0.3, -0.25) is 14.5 Å². The number of nitrogens with zero attached hydrogens (tertiary/aromatic N) is 4. The number of ether oxygens (including phenoxy) is 1. The van der Waals surface area contributed by atoms with E-state index in [0.29, 0.717) is 32.7 Å². The average Bonchev–Trinajstić information content (AvgIpc) is 2.64. The van der Waals surface area contributed by atoms with Crippen molar-refractivity contribution >= 4 is 11.6 Å². The molecular formula is C17H27N5O4. The van der Waals surface area contributed by atoms with Gasteiger partial charge in [0, 0.05) is 59.0 Å². The summed E-state index contributed by atoms with van der Waals surface area (Å²) < 4.78 is 5.05. The maximum absolute atomic E-state index is 12.7. The lowest BCUT2D eigenvalue weighted by atomic mass is 9.91. The van der Waals surface area contributed by atoms with Gasteiger partial charge < -0.3 is 19.6 Å². The van der Waals surface area contributed by atoms with E-state index in [-0.39, 0.29) is 11.5 Å². The first-order chi connectivity index (χ1) is 12.5. The number of hydrogen-bond donors (Lipinski definition) is 2. The number of H-pyrrole nitrogens is 1. The molecule has 0 bridgehead atoms. The molecule has 3 rings (SSSR count). The van der Waals surface area contributed by atoms with Crippen LogP contribution in [0.4, 0.5) is 5.69 Å². The van der Waals surface area contributed by atoms with Crippen LogP contribution < -0.4 is 10.5 Å². The van der Waals surface area contributed by atoms with Gasteiger partial charge in [0.25, 0.3) is 11.5 Å². The number of carbonyl (C=O) groups is 1. The summed E-state index contributed by atoms with van der Waals surface area (Å²) >= 11 is 0. The Balaban J connectivity index is 1.56. The van der Waals surface area contributed by atoms with Crippen molar-refractivity contribution in [2.24, 2.45) is 0 Å². The monoisotopic (exact) mass is 365 g/mol. The van der Waals surface area contributed by atoms with E-state index in [2.05, 4.69) is 20.0 Å². The van der Waals surface area contributed by atoms with Gasteiger partial charge in [-0.2, -0.15) is 5.10 Å². The highest BCUT2D eigenvalue weighted by molar-refractivity contribution is 5.86. The molecular weight excluding hydrogens is 338 g/mol. The van der Waals surface area contributed by atoms with E-state index in [9.17, 15) is 14.7 Å². The third kappa shape index (κ3) is 4.22. The van der Waals surface area contributed by atoms with E-state index in [1.807, 2.05) is 0 Å². The second kappa shape index (κ2) is 8.15. The van der Waals surface area contributed by atoms with Crippen molar-refractivity contribution in [2.75, 3.05) is 64.4 Å². The summed E-state index contributed by atoms with van der Waals surface area (Å²) in [6.07, 6.45) is 2.93. The zero-order valence-corrected chi connectivity index (χ0v) is 15.2. The van der Waals surface area contributed by atoms with Crippen molar-refractivity contribution < 1.29 is 14.6 Å². The van der Waals surface area contributed by atoms with Crippen molar-refractivity contribution in [3.05, 3.63) is 22.6 Å². The van der Waals surface area contributed by atoms with Crippen LogP contribution in [0.1, 0.15) is 12.8 Å². The van der Waals surface area contributed by atoms with Gasteiger partial charge in [0.05, 0.1) is 18.5 Å². The lowest BCUT2D eigenvalue weighted by molar-refractivity contribution is -0.160. The number of nitrogens with one attached hydrogen (secondary N) is 1. The van der Waals surface area contributed by atoms with E-state index >= 15 is 0 Å². The van der Waals surface area contributed by atoms with Gasteiger partial charge in [-0.1, -0.05) is 0 Å². The van der Waals surface area contributed by atoms with Gasteiger partial charge in [0.15, 0.2) is 5.60 Å². The zero-order valence-electron chi connectivity index (χ0n) is 15.2. The minimum atomic E-state index is -1.32. The SMILES string of the molecule is COCCN1CCCC(O)(CN2CCN(c3cn[nH]c(=O)c3)CC2)C1=O. The highest BCUT2D eigenvalue weighted by Crippen LogP contribution is 2.25. The smallest absolute Gasteiger partial charge is 0.266 e. The minimum Gasteiger partial charge on any atom is -0.383 e. The standard InChI is InChI=1S/C17H27N5O4/c1-26-10-9-22-4-2-3-17(25,16(22)24)13-20-5-7-21(8-6-20)14-11-15(23)19-18-12-14/h11-12,25H,2-10,13H2,1H3,(H,19,23). The van der Waals surface area contributed by atoms with Crippen molar-refractivity contribution in [2.45, 2.75) is 18.4 Å². The first-order valence-electron chi connectivity index (χ1n) is 9.04. The molecule has 2 N–H and O–H groups in total. The molecule has 2 aliphatic rings. The number of carbonyl (C=O) groups excluding carboxylic acids is 1. The van der Waals surface area contributed by atoms with E-state index in [4.69, 9.17) is 4.74 Å². The van der Waals surface area contributed by atoms with Gasteiger partial charge in [-0.25, -0.2) is 5.10 Å². The molecule has 3 heterocycles. The highest BCUT2D eigenvalue weighted by Gasteiger charge is 2.43. The molecule has 1 aromatic rings. The Labute approximate surface area is 152 Å². The molecule has 9 nitrogen and oxygen atoms in total. The van der Waals surface area contributed by atoms with Crippen LogP contribution in [0.25, 0.3) is 0 Å².